The van der Waals surface area contributed by atoms with Crippen LogP contribution in [0.1, 0.15) is 65.8 Å². The largest absolute Gasteiger partial charge is 1.00 e. The van der Waals surface area contributed by atoms with Crippen LogP contribution in [0.15, 0.2) is 134 Å². The zero-order valence-electron chi connectivity index (χ0n) is 26.3. The van der Waals surface area contributed by atoms with E-state index in [4.69, 9.17) is 9.72 Å². The summed E-state index contributed by atoms with van der Waals surface area (Å²) >= 11 is 0. The summed E-state index contributed by atoms with van der Waals surface area (Å²) in [7, 11) is 0. The van der Waals surface area contributed by atoms with Crippen LogP contribution in [0.25, 0.3) is 10.8 Å². The summed E-state index contributed by atoms with van der Waals surface area (Å²) < 4.78 is 8.00. The molecule has 5 aromatic carbocycles. The Hall–Kier alpha value is -4.07. The molecule has 45 heavy (non-hydrogen) atoms. The van der Waals surface area contributed by atoms with Gasteiger partial charge in [-0.2, -0.15) is 6.42 Å². The van der Waals surface area contributed by atoms with Crippen LogP contribution >= 0.6 is 0 Å². The van der Waals surface area contributed by atoms with Crippen LogP contribution in [0.4, 0.5) is 0 Å². The molecule has 0 bridgehead atoms. The summed E-state index contributed by atoms with van der Waals surface area (Å²) in [6.45, 7) is 6.49. The summed E-state index contributed by atoms with van der Waals surface area (Å²) in [5.41, 5.74) is 5.35. The predicted molar refractivity (Wildman–Crippen MR) is 179 cm³/mol. The van der Waals surface area contributed by atoms with E-state index in [9.17, 15) is 5.11 Å². The zero-order valence-corrected chi connectivity index (χ0v) is 26.3. The summed E-state index contributed by atoms with van der Waals surface area (Å²) in [6.07, 6.45) is 7.29. The Bertz CT molecular complexity index is 1700. The monoisotopic (exact) mass is 586 g/mol. The number of aromatic nitrogens is 2. The maximum Gasteiger partial charge on any atom is 1.00 e. The molecule has 7 rings (SSSR count). The quantitative estimate of drug-likeness (QED) is 0.144. The van der Waals surface area contributed by atoms with Crippen molar-refractivity contribution in [1.82, 2.24) is 9.55 Å². The first kappa shape index (κ1) is 32.3. The minimum absolute atomic E-state index is 0. The molecular weight excluding hydrogens is 547 g/mol. The minimum atomic E-state index is -0.863. The number of ether oxygens (including phenoxy) is 1. The fraction of sp³-hybridized carbons (Fsp3) is 0.200. The van der Waals surface area contributed by atoms with E-state index in [0.29, 0.717) is 5.69 Å². The second-order valence-corrected chi connectivity index (χ2v) is 11.2. The average Bonchev–Trinajstić information content (AvgIpc) is 3.60. The summed E-state index contributed by atoms with van der Waals surface area (Å²) in [5, 5.41) is 13.9. The minimum Gasteiger partial charge on any atom is -0.493 e. The standard InChI is InChI=1S/C36H30N2O2.C4H9.Li/c39-35(27-18-20-31-26(23-27)19-21-34-32(31)17-10-22-40-34)33-24-38(25-37-33)36(28-11-4-1-5-12-28,29-13-6-2-7-14-29)30-15-8-3-9-16-30;1-3-4-2;/h1-9,11-16,18-21,23-25,35,39H,10,17,22H2;1,3-4H2,2H3;/q;-1;+1. The number of hydrogen-bond acceptors (Lipinski definition) is 3. The third-order valence-electron chi connectivity index (χ3n) is 8.46. The van der Waals surface area contributed by atoms with Crippen molar-refractivity contribution in [3.63, 3.8) is 0 Å². The van der Waals surface area contributed by atoms with Crippen LogP contribution in [0, 0.1) is 6.92 Å². The molecule has 0 saturated heterocycles. The zero-order chi connectivity index (χ0) is 30.4. The number of benzene rings is 5. The SMILES string of the molecule is OC(c1ccc2c3c(ccc2c1)OCCC3)c1cn(C(c2ccccc2)(c2ccccc2)c2ccccc2)cn1.[CH2-]CCC.[Li+]. The topological polar surface area (TPSA) is 47.3 Å². The smallest absolute Gasteiger partial charge is 0.493 e. The van der Waals surface area contributed by atoms with E-state index in [2.05, 4.69) is 115 Å². The molecule has 1 aliphatic heterocycles. The number of aliphatic hydroxyl groups excluding tert-OH is 1. The molecule has 0 fully saturated rings. The van der Waals surface area contributed by atoms with Gasteiger partial charge in [0.2, 0.25) is 0 Å². The van der Waals surface area contributed by atoms with Gasteiger partial charge in [-0.15, -0.1) is 0 Å². The van der Waals surface area contributed by atoms with Crippen molar-refractivity contribution in [3.05, 3.63) is 174 Å². The van der Waals surface area contributed by atoms with E-state index >= 15 is 0 Å². The van der Waals surface area contributed by atoms with Crippen LogP contribution in [-0.4, -0.2) is 21.3 Å². The Labute approximate surface area is 278 Å². The molecule has 4 nitrogen and oxygen atoms in total. The number of aryl methyl sites for hydroxylation is 1. The fourth-order valence-electron chi connectivity index (χ4n) is 6.21. The summed E-state index contributed by atoms with van der Waals surface area (Å²) in [4.78, 5) is 4.78. The molecule has 0 spiro atoms. The molecule has 2 heterocycles. The van der Waals surface area contributed by atoms with Crippen molar-refractivity contribution in [1.29, 1.82) is 0 Å². The fourth-order valence-corrected chi connectivity index (χ4v) is 6.21. The van der Waals surface area contributed by atoms with Gasteiger partial charge in [0.25, 0.3) is 0 Å². The van der Waals surface area contributed by atoms with E-state index in [-0.39, 0.29) is 18.9 Å². The van der Waals surface area contributed by atoms with E-state index in [1.165, 1.54) is 17.4 Å². The van der Waals surface area contributed by atoms with Gasteiger partial charge < -0.3 is 21.3 Å². The van der Waals surface area contributed by atoms with Gasteiger partial charge in [-0.3, -0.25) is 0 Å². The van der Waals surface area contributed by atoms with Crippen molar-refractivity contribution >= 4 is 10.8 Å². The van der Waals surface area contributed by atoms with E-state index in [1.54, 1.807) is 0 Å². The van der Waals surface area contributed by atoms with Gasteiger partial charge in [0, 0.05) is 11.8 Å². The second kappa shape index (κ2) is 14.8. The molecule has 1 aromatic heterocycles. The van der Waals surface area contributed by atoms with Gasteiger partial charge in [-0.05, 0) is 58.0 Å². The third kappa shape index (κ3) is 6.37. The van der Waals surface area contributed by atoms with E-state index < -0.39 is 11.6 Å². The third-order valence-corrected chi connectivity index (χ3v) is 8.46. The second-order valence-electron chi connectivity index (χ2n) is 11.2. The van der Waals surface area contributed by atoms with Crippen molar-refractivity contribution in [3.8, 4) is 5.75 Å². The Morgan fingerprint density at radius 1 is 0.844 bits per heavy atom. The first-order valence-electron chi connectivity index (χ1n) is 15.5. The molecule has 5 heteroatoms. The van der Waals surface area contributed by atoms with Crippen molar-refractivity contribution in [2.45, 2.75) is 44.2 Å². The van der Waals surface area contributed by atoms with Crippen molar-refractivity contribution in [2.24, 2.45) is 0 Å². The normalized spacial score (nSPS) is 13.0. The molecular formula is C40H39LiN2O2. The summed E-state index contributed by atoms with van der Waals surface area (Å²) in [5.74, 6) is 0.977. The molecule has 6 aromatic rings. The van der Waals surface area contributed by atoms with Gasteiger partial charge in [-0.25, -0.2) is 4.98 Å². The average molecular weight is 587 g/mol. The van der Waals surface area contributed by atoms with E-state index in [0.717, 1.165) is 59.3 Å². The molecule has 0 aliphatic carbocycles. The van der Waals surface area contributed by atoms with Gasteiger partial charge in [0.15, 0.2) is 0 Å². The predicted octanol–water partition coefficient (Wildman–Crippen LogP) is 5.91. The maximum absolute atomic E-state index is 11.6. The number of nitrogens with zero attached hydrogens (tertiary/aromatic N) is 2. The van der Waals surface area contributed by atoms with Gasteiger partial charge >= 0.3 is 18.9 Å². The Morgan fingerprint density at radius 3 is 1.98 bits per heavy atom. The Balaban J connectivity index is 0.000000757. The van der Waals surface area contributed by atoms with E-state index in [1.807, 2.05) is 36.8 Å². The number of aliphatic hydroxyl groups is 1. The Kier molecular flexibility index (Phi) is 10.6. The van der Waals surface area contributed by atoms with Gasteiger partial charge in [0.05, 0.1) is 18.6 Å². The van der Waals surface area contributed by atoms with Crippen molar-refractivity contribution < 1.29 is 28.7 Å². The molecule has 1 N–H and O–H groups in total. The van der Waals surface area contributed by atoms with Crippen LogP contribution in [0.2, 0.25) is 0 Å². The number of unbranched alkanes of at least 4 members (excludes halogenated alkanes) is 1. The first-order chi connectivity index (χ1) is 21.7. The van der Waals surface area contributed by atoms with Crippen LogP contribution in [0.3, 0.4) is 0 Å². The molecule has 222 valence electrons. The molecule has 0 radical (unpaired) electrons. The molecule has 1 unspecified atom stereocenters. The number of rotatable bonds is 7. The molecule has 1 aliphatic rings. The van der Waals surface area contributed by atoms with Crippen molar-refractivity contribution in [2.75, 3.05) is 6.61 Å². The molecule has 0 amide bonds. The molecule has 1 atom stereocenters. The Morgan fingerprint density at radius 2 is 1.42 bits per heavy atom. The van der Waals surface area contributed by atoms with Crippen LogP contribution in [-0.2, 0) is 12.0 Å². The molecule has 0 saturated carbocycles. The van der Waals surface area contributed by atoms with Crippen LogP contribution < -0.4 is 23.6 Å². The number of imidazole rings is 1. The van der Waals surface area contributed by atoms with Gasteiger partial charge in [0.1, 0.15) is 17.4 Å². The first-order valence-corrected chi connectivity index (χ1v) is 15.5. The van der Waals surface area contributed by atoms with Crippen LogP contribution in [0.5, 0.6) is 5.75 Å². The summed E-state index contributed by atoms with van der Waals surface area (Å²) in [6, 6.07) is 41.8. The number of fused-ring (bicyclic) bond motifs is 3. The maximum atomic E-state index is 11.6. The number of hydrogen-bond donors (Lipinski definition) is 1. The van der Waals surface area contributed by atoms with Gasteiger partial charge in [-0.1, -0.05) is 123 Å².